The van der Waals surface area contributed by atoms with E-state index in [2.05, 4.69) is 10.3 Å². The first-order valence-electron chi connectivity index (χ1n) is 7.64. The van der Waals surface area contributed by atoms with Gasteiger partial charge >= 0.3 is 0 Å². The van der Waals surface area contributed by atoms with Crippen LogP contribution in [0, 0.1) is 17.5 Å². The fourth-order valence-electron chi connectivity index (χ4n) is 3.10. The molecule has 7 heteroatoms. The Bertz CT molecular complexity index is 1010. The molecule has 0 spiro atoms. The summed E-state index contributed by atoms with van der Waals surface area (Å²) in [4.78, 5) is 15.8. The first-order chi connectivity index (χ1) is 11.9. The molecule has 128 valence electrons. The van der Waals surface area contributed by atoms with Crippen LogP contribution in [0.15, 0.2) is 36.5 Å². The van der Waals surface area contributed by atoms with E-state index in [0.717, 1.165) is 28.6 Å². The van der Waals surface area contributed by atoms with Gasteiger partial charge in [0.1, 0.15) is 0 Å². The fourth-order valence-corrected chi connectivity index (χ4v) is 3.27. The SMILES string of the molecule is O=C(Nc1ccc(F)c(F)c1F)C1(c2c[nH]c3ccc(Cl)cc23)CC1. The van der Waals surface area contributed by atoms with Crippen LogP contribution >= 0.6 is 11.6 Å². The highest BCUT2D eigenvalue weighted by Crippen LogP contribution is 2.51. The van der Waals surface area contributed by atoms with Gasteiger partial charge in [-0.2, -0.15) is 0 Å². The van der Waals surface area contributed by atoms with Crippen molar-refractivity contribution in [2.45, 2.75) is 18.3 Å². The molecule has 2 N–H and O–H groups in total. The molecule has 25 heavy (non-hydrogen) atoms. The van der Waals surface area contributed by atoms with E-state index in [4.69, 9.17) is 11.6 Å². The maximum absolute atomic E-state index is 13.8. The van der Waals surface area contributed by atoms with E-state index in [1.54, 1.807) is 18.3 Å². The molecule has 1 aromatic heterocycles. The quantitative estimate of drug-likeness (QED) is 0.637. The largest absolute Gasteiger partial charge is 0.361 e. The number of aromatic amines is 1. The molecule has 0 bridgehead atoms. The normalized spacial score (nSPS) is 15.4. The van der Waals surface area contributed by atoms with Crippen LogP contribution in [0.5, 0.6) is 0 Å². The van der Waals surface area contributed by atoms with Crippen molar-refractivity contribution in [3.8, 4) is 0 Å². The van der Waals surface area contributed by atoms with Gasteiger partial charge in [-0.15, -0.1) is 0 Å². The number of rotatable bonds is 3. The summed E-state index contributed by atoms with van der Waals surface area (Å²) in [6.45, 7) is 0. The number of hydrogen-bond donors (Lipinski definition) is 2. The van der Waals surface area contributed by atoms with Gasteiger partial charge < -0.3 is 10.3 Å². The lowest BCUT2D eigenvalue weighted by Gasteiger charge is -2.15. The summed E-state index contributed by atoms with van der Waals surface area (Å²) in [7, 11) is 0. The third-order valence-electron chi connectivity index (χ3n) is 4.63. The Morgan fingerprint density at radius 2 is 1.88 bits per heavy atom. The average molecular weight is 365 g/mol. The van der Waals surface area contributed by atoms with E-state index in [1.165, 1.54) is 0 Å². The van der Waals surface area contributed by atoms with E-state index >= 15 is 0 Å². The number of hydrogen-bond acceptors (Lipinski definition) is 1. The predicted molar refractivity (Wildman–Crippen MR) is 89.2 cm³/mol. The van der Waals surface area contributed by atoms with Crippen molar-refractivity contribution in [1.82, 2.24) is 4.98 Å². The zero-order valence-corrected chi connectivity index (χ0v) is 13.6. The van der Waals surface area contributed by atoms with E-state index in [-0.39, 0.29) is 5.69 Å². The molecule has 3 aromatic rings. The van der Waals surface area contributed by atoms with Crippen molar-refractivity contribution in [1.29, 1.82) is 0 Å². The van der Waals surface area contributed by atoms with Gasteiger partial charge in [0.2, 0.25) is 5.91 Å². The Morgan fingerprint density at radius 1 is 1.12 bits per heavy atom. The third-order valence-corrected chi connectivity index (χ3v) is 4.86. The highest BCUT2D eigenvalue weighted by Gasteiger charge is 2.52. The predicted octanol–water partition coefficient (Wildman–Crippen LogP) is 4.91. The second-order valence-corrected chi connectivity index (χ2v) is 6.59. The molecular weight excluding hydrogens is 353 g/mol. The number of aromatic nitrogens is 1. The molecule has 2 aromatic carbocycles. The molecule has 0 aliphatic heterocycles. The Balaban J connectivity index is 1.70. The zero-order valence-electron chi connectivity index (χ0n) is 12.8. The number of nitrogens with one attached hydrogen (secondary N) is 2. The molecule has 1 aliphatic carbocycles. The highest BCUT2D eigenvalue weighted by atomic mass is 35.5. The Hall–Kier alpha value is -2.47. The van der Waals surface area contributed by atoms with E-state index < -0.39 is 28.8 Å². The van der Waals surface area contributed by atoms with Gasteiger partial charge in [0.25, 0.3) is 0 Å². The maximum atomic E-state index is 13.8. The minimum absolute atomic E-state index is 0.381. The van der Waals surface area contributed by atoms with Crippen molar-refractivity contribution >= 4 is 34.1 Å². The lowest BCUT2D eigenvalue weighted by molar-refractivity contribution is -0.118. The van der Waals surface area contributed by atoms with Gasteiger partial charge in [-0.3, -0.25) is 4.79 Å². The standard InChI is InChI=1S/C18H12ClF3N2O/c19-9-1-3-13-10(7-9)11(8-23-13)18(5-6-18)17(25)24-14-4-2-12(20)15(21)16(14)22/h1-4,7-8,23H,5-6H2,(H,24,25). The molecule has 1 amide bonds. The van der Waals surface area contributed by atoms with Crippen LogP contribution in [0.2, 0.25) is 5.02 Å². The smallest absolute Gasteiger partial charge is 0.235 e. The molecule has 0 unspecified atom stereocenters. The average Bonchev–Trinajstić information content (AvgIpc) is 3.29. The Labute approximate surface area is 145 Å². The molecular formula is C18H12ClF3N2O. The van der Waals surface area contributed by atoms with E-state index in [0.29, 0.717) is 17.9 Å². The van der Waals surface area contributed by atoms with Gasteiger partial charge in [0, 0.05) is 22.1 Å². The minimum atomic E-state index is -1.61. The van der Waals surface area contributed by atoms with Gasteiger partial charge in [0.15, 0.2) is 17.5 Å². The fraction of sp³-hybridized carbons (Fsp3) is 0.167. The molecule has 1 heterocycles. The maximum Gasteiger partial charge on any atom is 0.235 e. The molecule has 1 aliphatic rings. The highest BCUT2D eigenvalue weighted by molar-refractivity contribution is 6.31. The topological polar surface area (TPSA) is 44.9 Å². The lowest BCUT2D eigenvalue weighted by atomic mass is 9.94. The Morgan fingerprint density at radius 3 is 2.60 bits per heavy atom. The molecule has 4 rings (SSSR count). The van der Waals surface area contributed by atoms with E-state index in [9.17, 15) is 18.0 Å². The molecule has 0 saturated heterocycles. The summed E-state index contributed by atoms with van der Waals surface area (Å²) >= 11 is 6.04. The summed E-state index contributed by atoms with van der Waals surface area (Å²) in [5.41, 5.74) is 0.372. The molecule has 1 saturated carbocycles. The monoisotopic (exact) mass is 364 g/mol. The van der Waals surface area contributed by atoms with Crippen LogP contribution in [0.4, 0.5) is 18.9 Å². The van der Waals surface area contributed by atoms with Crippen LogP contribution < -0.4 is 5.32 Å². The second kappa shape index (κ2) is 5.52. The van der Waals surface area contributed by atoms with Crippen LogP contribution in [0.1, 0.15) is 18.4 Å². The zero-order chi connectivity index (χ0) is 17.8. The number of benzene rings is 2. The number of anilines is 1. The second-order valence-electron chi connectivity index (χ2n) is 6.15. The van der Waals surface area contributed by atoms with Crippen LogP contribution in [-0.4, -0.2) is 10.9 Å². The number of carbonyl (C=O) groups is 1. The number of carbonyl (C=O) groups excluding carboxylic acids is 1. The van der Waals surface area contributed by atoms with Crippen LogP contribution in [0.25, 0.3) is 10.9 Å². The third kappa shape index (κ3) is 2.48. The number of halogens is 4. The summed E-state index contributed by atoms with van der Waals surface area (Å²) in [6, 6.07) is 7.09. The van der Waals surface area contributed by atoms with Gasteiger partial charge in [-0.25, -0.2) is 13.2 Å². The number of amides is 1. The van der Waals surface area contributed by atoms with Crippen molar-refractivity contribution in [2.75, 3.05) is 5.32 Å². The summed E-state index contributed by atoms with van der Waals surface area (Å²) in [5.74, 6) is -4.78. The number of fused-ring (bicyclic) bond motifs is 1. The first-order valence-corrected chi connectivity index (χ1v) is 8.02. The first kappa shape index (κ1) is 16.0. The summed E-state index contributed by atoms with van der Waals surface area (Å²) in [6.07, 6.45) is 2.88. The summed E-state index contributed by atoms with van der Waals surface area (Å²) in [5, 5.41) is 3.73. The van der Waals surface area contributed by atoms with Crippen LogP contribution in [-0.2, 0) is 10.2 Å². The molecule has 0 atom stereocenters. The molecule has 0 radical (unpaired) electrons. The molecule has 1 fully saturated rings. The van der Waals surface area contributed by atoms with Crippen molar-refractivity contribution < 1.29 is 18.0 Å². The van der Waals surface area contributed by atoms with Crippen molar-refractivity contribution in [3.63, 3.8) is 0 Å². The van der Waals surface area contributed by atoms with Gasteiger partial charge in [-0.05, 0) is 48.7 Å². The summed E-state index contributed by atoms with van der Waals surface area (Å²) < 4.78 is 40.2. The number of H-pyrrole nitrogens is 1. The minimum Gasteiger partial charge on any atom is -0.361 e. The van der Waals surface area contributed by atoms with Crippen molar-refractivity contribution in [3.05, 3.63) is 64.6 Å². The van der Waals surface area contributed by atoms with Crippen LogP contribution in [0.3, 0.4) is 0 Å². The Kier molecular flexibility index (Phi) is 3.54. The van der Waals surface area contributed by atoms with Gasteiger partial charge in [0.05, 0.1) is 11.1 Å². The molecule has 3 nitrogen and oxygen atoms in total. The van der Waals surface area contributed by atoms with Crippen molar-refractivity contribution in [2.24, 2.45) is 0 Å². The lowest BCUT2D eigenvalue weighted by Crippen LogP contribution is -2.28. The van der Waals surface area contributed by atoms with Gasteiger partial charge in [-0.1, -0.05) is 11.6 Å². The van der Waals surface area contributed by atoms with E-state index in [1.807, 2.05) is 6.07 Å².